The van der Waals surface area contributed by atoms with Gasteiger partial charge in [0.25, 0.3) is 0 Å². The van der Waals surface area contributed by atoms with Gasteiger partial charge in [-0.15, -0.1) is 11.3 Å². The van der Waals surface area contributed by atoms with E-state index in [1.165, 1.54) is 16.0 Å². The molecule has 0 saturated heterocycles. The van der Waals surface area contributed by atoms with Crippen molar-refractivity contribution >= 4 is 27.5 Å². The Kier molecular flexibility index (Phi) is 6.34. The van der Waals surface area contributed by atoms with E-state index in [0.29, 0.717) is 24.8 Å². The number of hydrogen-bond acceptors (Lipinski definition) is 6. The lowest BCUT2D eigenvalue weighted by Gasteiger charge is -2.32. The highest BCUT2D eigenvalue weighted by Crippen LogP contribution is 2.47. The van der Waals surface area contributed by atoms with Crippen LogP contribution in [0.15, 0.2) is 30.3 Å². The highest BCUT2D eigenvalue weighted by Gasteiger charge is 2.33. The van der Waals surface area contributed by atoms with Gasteiger partial charge >= 0.3 is 0 Å². The molecule has 3 aromatic rings. The quantitative estimate of drug-likeness (QED) is 0.559. The summed E-state index contributed by atoms with van der Waals surface area (Å²) >= 11 is 1.73. The number of thiophene rings is 1. The van der Waals surface area contributed by atoms with Gasteiger partial charge in [0.05, 0.1) is 5.39 Å². The molecule has 1 atom stereocenters. The Morgan fingerprint density at radius 3 is 2.58 bits per heavy atom. The van der Waals surface area contributed by atoms with E-state index >= 15 is 0 Å². The molecule has 0 aliphatic heterocycles. The van der Waals surface area contributed by atoms with Crippen LogP contribution in [0, 0.1) is 0 Å². The summed E-state index contributed by atoms with van der Waals surface area (Å²) in [4.78, 5) is 26.2. The Bertz CT molecular complexity index is 1140. The summed E-state index contributed by atoms with van der Waals surface area (Å²) in [5.41, 5.74) is 7.97. The van der Waals surface area contributed by atoms with Crippen molar-refractivity contribution in [1.29, 1.82) is 0 Å². The van der Waals surface area contributed by atoms with Crippen molar-refractivity contribution < 1.29 is 9.53 Å². The van der Waals surface area contributed by atoms with E-state index < -0.39 is 0 Å². The molecule has 2 aliphatic carbocycles. The van der Waals surface area contributed by atoms with Crippen LogP contribution in [-0.2, 0) is 17.6 Å². The van der Waals surface area contributed by atoms with Crippen LogP contribution in [-0.4, -0.2) is 47.0 Å². The second kappa shape index (κ2) is 9.39. The molecule has 0 radical (unpaired) electrons. The monoisotopic (exact) mass is 464 g/mol. The van der Waals surface area contributed by atoms with Crippen molar-refractivity contribution in [1.82, 2.24) is 14.9 Å². The molecule has 2 aromatic heterocycles. The summed E-state index contributed by atoms with van der Waals surface area (Å²) in [6, 6.07) is 10.9. The van der Waals surface area contributed by atoms with Gasteiger partial charge in [-0.05, 0) is 69.7 Å². The first-order valence-electron chi connectivity index (χ1n) is 12.0. The molecule has 1 amide bonds. The van der Waals surface area contributed by atoms with Crippen LogP contribution >= 0.6 is 11.3 Å². The van der Waals surface area contributed by atoms with E-state index in [4.69, 9.17) is 20.4 Å². The summed E-state index contributed by atoms with van der Waals surface area (Å²) in [5, 5.41) is 1.02. The zero-order chi connectivity index (χ0) is 22.9. The lowest BCUT2D eigenvalue weighted by atomic mass is 9.92. The van der Waals surface area contributed by atoms with Crippen molar-refractivity contribution in [3.63, 3.8) is 0 Å². The second-order valence-electron chi connectivity index (χ2n) is 9.64. The smallest absolute Gasteiger partial charge is 0.226 e. The first kappa shape index (κ1) is 22.3. The SMILES string of the molecule is CN(C)C1CCC(Oc2nc(Cc3ccccc3)nc3sc4c(c23)[C@@H](CC(N)=O)CC4)CC1. The summed E-state index contributed by atoms with van der Waals surface area (Å²) in [7, 11) is 4.31. The van der Waals surface area contributed by atoms with Crippen molar-refractivity contribution in [2.24, 2.45) is 5.73 Å². The van der Waals surface area contributed by atoms with Crippen LogP contribution in [0.2, 0.25) is 0 Å². The molecular formula is C26H32N4O2S. The Morgan fingerprint density at radius 2 is 1.88 bits per heavy atom. The third-order valence-electron chi connectivity index (χ3n) is 7.11. The minimum atomic E-state index is -0.252. The van der Waals surface area contributed by atoms with E-state index in [2.05, 4.69) is 31.1 Å². The summed E-state index contributed by atoms with van der Waals surface area (Å²) in [5.74, 6) is 1.38. The van der Waals surface area contributed by atoms with Gasteiger partial charge in [-0.3, -0.25) is 4.79 Å². The highest BCUT2D eigenvalue weighted by atomic mass is 32.1. The number of rotatable bonds is 7. The van der Waals surface area contributed by atoms with Crippen LogP contribution in [0.1, 0.15) is 66.3 Å². The number of aryl methyl sites for hydroxylation is 1. The molecule has 0 unspecified atom stereocenters. The number of nitrogens with two attached hydrogens (primary N) is 1. The van der Waals surface area contributed by atoms with E-state index in [9.17, 15) is 4.79 Å². The maximum Gasteiger partial charge on any atom is 0.226 e. The Morgan fingerprint density at radius 1 is 1.12 bits per heavy atom. The van der Waals surface area contributed by atoms with Crippen molar-refractivity contribution in [2.45, 2.75) is 69.4 Å². The van der Waals surface area contributed by atoms with Gasteiger partial charge in [0.15, 0.2) is 0 Å². The first-order valence-corrected chi connectivity index (χ1v) is 12.8. The number of fused-ring (bicyclic) bond motifs is 3. The number of ether oxygens (including phenoxy) is 1. The number of nitrogens with zero attached hydrogens (tertiary/aromatic N) is 3. The summed E-state index contributed by atoms with van der Waals surface area (Å²) in [6.07, 6.45) is 7.46. The molecule has 33 heavy (non-hydrogen) atoms. The van der Waals surface area contributed by atoms with Gasteiger partial charge in [0, 0.05) is 23.8 Å². The van der Waals surface area contributed by atoms with E-state index in [1.54, 1.807) is 11.3 Å². The zero-order valence-electron chi connectivity index (χ0n) is 19.4. The zero-order valence-corrected chi connectivity index (χ0v) is 20.2. The van der Waals surface area contributed by atoms with Crippen molar-refractivity contribution in [3.8, 4) is 5.88 Å². The lowest BCUT2D eigenvalue weighted by Crippen LogP contribution is -2.35. The van der Waals surface area contributed by atoms with Gasteiger partial charge in [-0.2, -0.15) is 4.98 Å². The second-order valence-corrected chi connectivity index (χ2v) is 10.7. The summed E-state index contributed by atoms with van der Waals surface area (Å²) in [6.45, 7) is 0. The molecule has 174 valence electrons. The molecule has 7 heteroatoms. The van der Waals surface area contributed by atoms with Gasteiger partial charge in [0.1, 0.15) is 16.8 Å². The van der Waals surface area contributed by atoms with Crippen molar-refractivity contribution in [2.75, 3.05) is 14.1 Å². The third kappa shape index (κ3) is 4.75. The number of carbonyl (C=O) groups is 1. The number of benzene rings is 1. The van der Waals surface area contributed by atoms with Crippen LogP contribution < -0.4 is 10.5 Å². The Hall–Kier alpha value is -2.51. The average Bonchev–Trinajstić information content (AvgIpc) is 3.34. The lowest BCUT2D eigenvalue weighted by molar-refractivity contribution is -0.118. The molecule has 0 bridgehead atoms. The topological polar surface area (TPSA) is 81.3 Å². The molecule has 2 N–H and O–H groups in total. The average molecular weight is 465 g/mol. The van der Waals surface area contributed by atoms with Gasteiger partial charge in [0.2, 0.25) is 11.8 Å². The minimum Gasteiger partial charge on any atom is -0.474 e. The highest BCUT2D eigenvalue weighted by molar-refractivity contribution is 7.19. The van der Waals surface area contributed by atoms with Gasteiger partial charge in [-0.25, -0.2) is 4.98 Å². The number of primary amides is 1. The Labute approximate surface area is 199 Å². The third-order valence-corrected chi connectivity index (χ3v) is 8.27. The van der Waals surface area contributed by atoms with Gasteiger partial charge in [-0.1, -0.05) is 30.3 Å². The van der Waals surface area contributed by atoms with Crippen LogP contribution in [0.5, 0.6) is 5.88 Å². The molecule has 1 aromatic carbocycles. The molecule has 2 aliphatic rings. The fourth-order valence-corrected chi connectivity index (χ4v) is 6.65. The maximum atomic E-state index is 11.7. The molecular weight excluding hydrogens is 432 g/mol. The fraction of sp³-hybridized carbons (Fsp3) is 0.500. The van der Waals surface area contributed by atoms with Crippen molar-refractivity contribution in [3.05, 3.63) is 52.2 Å². The van der Waals surface area contributed by atoms with Gasteiger partial charge < -0.3 is 15.4 Å². The molecule has 2 heterocycles. The molecule has 1 fully saturated rings. The van der Waals surface area contributed by atoms with Crippen LogP contribution in [0.4, 0.5) is 0 Å². The van der Waals surface area contributed by atoms with E-state index in [0.717, 1.165) is 54.6 Å². The Balaban J connectivity index is 1.50. The largest absolute Gasteiger partial charge is 0.474 e. The first-order chi connectivity index (χ1) is 16.0. The molecule has 1 saturated carbocycles. The minimum absolute atomic E-state index is 0.140. The molecule has 6 nitrogen and oxygen atoms in total. The molecule has 5 rings (SSSR count). The summed E-state index contributed by atoms with van der Waals surface area (Å²) < 4.78 is 6.63. The number of hydrogen-bond donors (Lipinski definition) is 1. The predicted octanol–water partition coefficient (Wildman–Crippen LogP) is 4.44. The maximum absolute atomic E-state index is 11.7. The number of carbonyl (C=O) groups excluding carboxylic acids is 1. The predicted molar refractivity (Wildman–Crippen MR) is 132 cm³/mol. The normalized spacial score (nSPS) is 22.6. The van der Waals surface area contributed by atoms with E-state index in [1.807, 2.05) is 18.2 Å². The molecule has 0 spiro atoms. The van der Waals surface area contributed by atoms with Crippen LogP contribution in [0.25, 0.3) is 10.2 Å². The number of amides is 1. The van der Waals surface area contributed by atoms with Crippen LogP contribution in [0.3, 0.4) is 0 Å². The standard InChI is InChI=1S/C26H32N4O2S/c1-30(2)18-9-11-19(12-10-18)32-25-24-23-17(15-21(27)31)8-13-20(23)33-26(24)29-22(28-25)14-16-6-4-3-5-7-16/h3-7,17-19H,8-15H2,1-2H3,(H2,27,31)/t17-,18?,19?/m1/s1. The number of aromatic nitrogens is 2. The fourth-order valence-electron chi connectivity index (χ4n) is 5.37. The van der Waals surface area contributed by atoms with E-state index in [-0.39, 0.29) is 17.9 Å².